The van der Waals surface area contributed by atoms with Crippen LogP contribution in [-0.4, -0.2) is 20.7 Å². The molecule has 1 atom stereocenters. The lowest BCUT2D eigenvalue weighted by Crippen LogP contribution is -2.28. The summed E-state index contributed by atoms with van der Waals surface area (Å²) in [5, 5.41) is 33.4. The van der Waals surface area contributed by atoms with Gasteiger partial charge in [-0.25, -0.2) is 0 Å². The quantitative estimate of drug-likeness (QED) is 0.486. The van der Waals surface area contributed by atoms with Gasteiger partial charge in [0.15, 0.2) is 11.8 Å². The predicted molar refractivity (Wildman–Crippen MR) is 120 cm³/mol. The predicted octanol–water partition coefficient (Wildman–Crippen LogP) is 4.78. The van der Waals surface area contributed by atoms with Crippen LogP contribution in [-0.2, 0) is 13.0 Å². The van der Waals surface area contributed by atoms with Crippen molar-refractivity contribution in [1.82, 2.24) is 9.88 Å². The number of aromatic hydroxyl groups is 2. The number of benzene rings is 1. The van der Waals surface area contributed by atoms with Crippen LogP contribution in [0.5, 0.6) is 11.8 Å². The fraction of sp³-hybridized carbons (Fsp3) is 0.130. The molecular weight excluding hydrogens is 434 g/mol. The fourth-order valence-electron chi connectivity index (χ4n) is 3.56. The Labute approximate surface area is 188 Å². The largest absolute Gasteiger partial charge is 0.494 e. The van der Waals surface area contributed by atoms with Gasteiger partial charge in [-0.05, 0) is 36.2 Å². The summed E-state index contributed by atoms with van der Waals surface area (Å²) in [4.78, 5) is 13.0. The highest BCUT2D eigenvalue weighted by Gasteiger charge is 2.29. The van der Waals surface area contributed by atoms with Crippen LogP contribution in [0.2, 0.25) is 4.34 Å². The normalized spacial score (nSPS) is 15.0. The van der Waals surface area contributed by atoms with Crippen LogP contribution in [0.15, 0.2) is 54.6 Å². The van der Waals surface area contributed by atoms with Crippen molar-refractivity contribution >= 4 is 34.9 Å². The molecule has 3 N–H and O–H groups in total. The molecule has 2 aromatic heterocycles. The van der Waals surface area contributed by atoms with Crippen LogP contribution in [0.25, 0.3) is 6.08 Å². The molecule has 1 aliphatic carbocycles. The minimum atomic E-state index is -0.569. The molecule has 1 amide bonds. The summed E-state index contributed by atoms with van der Waals surface area (Å²) in [6, 6.07) is 12.0. The zero-order valence-electron chi connectivity index (χ0n) is 16.2. The SMILES string of the molecule is N#Cc1cccc(C=CCn2c(O)c3c(c2O)C(NC(=O)c2ccc(Cl)s2)C=CC3)c1. The van der Waals surface area contributed by atoms with Gasteiger partial charge in [-0.15, -0.1) is 11.3 Å². The minimum absolute atomic E-state index is 0.0364. The molecule has 0 aliphatic heterocycles. The summed E-state index contributed by atoms with van der Waals surface area (Å²) in [5.74, 6) is -0.434. The van der Waals surface area contributed by atoms with E-state index in [1.807, 2.05) is 18.2 Å². The number of rotatable bonds is 5. The molecule has 8 heteroatoms. The Hall–Kier alpha value is -3.47. The molecule has 2 heterocycles. The number of carbonyl (C=O) groups excluding carboxylic acids is 1. The maximum absolute atomic E-state index is 12.5. The monoisotopic (exact) mass is 451 g/mol. The van der Waals surface area contributed by atoms with Crippen LogP contribution in [0.1, 0.15) is 38.0 Å². The minimum Gasteiger partial charge on any atom is -0.494 e. The first-order valence-electron chi connectivity index (χ1n) is 9.50. The van der Waals surface area contributed by atoms with E-state index in [0.717, 1.165) is 5.56 Å². The summed E-state index contributed by atoms with van der Waals surface area (Å²) in [5.41, 5.74) is 2.46. The van der Waals surface area contributed by atoms with Gasteiger partial charge in [-0.1, -0.05) is 48.0 Å². The molecule has 0 spiro atoms. The highest BCUT2D eigenvalue weighted by atomic mass is 35.5. The molecule has 0 saturated heterocycles. The van der Waals surface area contributed by atoms with Crippen LogP contribution >= 0.6 is 22.9 Å². The highest BCUT2D eigenvalue weighted by molar-refractivity contribution is 7.18. The van der Waals surface area contributed by atoms with Gasteiger partial charge < -0.3 is 15.5 Å². The highest BCUT2D eigenvalue weighted by Crippen LogP contribution is 2.41. The van der Waals surface area contributed by atoms with Crippen LogP contribution in [0.4, 0.5) is 0 Å². The van der Waals surface area contributed by atoms with Gasteiger partial charge in [0.05, 0.1) is 26.9 Å². The van der Waals surface area contributed by atoms with E-state index in [9.17, 15) is 15.0 Å². The summed E-state index contributed by atoms with van der Waals surface area (Å²) in [7, 11) is 0. The maximum atomic E-state index is 12.5. The van der Waals surface area contributed by atoms with Crippen molar-refractivity contribution in [2.45, 2.75) is 19.0 Å². The van der Waals surface area contributed by atoms with E-state index in [4.69, 9.17) is 16.9 Å². The second-order valence-electron chi connectivity index (χ2n) is 6.98. The Bertz CT molecular complexity index is 1250. The number of fused-ring (bicyclic) bond motifs is 1. The van der Waals surface area contributed by atoms with Crippen LogP contribution < -0.4 is 5.32 Å². The van der Waals surface area contributed by atoms with E-state index >= 15 is 0 Å². The molecule has 31 heavy (non-hydrogen) atoms. The van der Waals surface area contributed by atoms with Crippen molar-refractivity contribution in [2.24, 2.45) is 0 Å². The van der Waals surface area contributed by atoms with Crippen molar-refractivity contribution in [3.63, 3.8) is 0 Å². The lowest BCUT2D eigenvalue weighted by molar-refractivity contribution is 0.0947. The number of hydrogen-bond acceptors (Lipinski definition) is 5. The van der Waals surface area contributed by atoms with Crippen molar-refractivity contribution in [3.05, 3.63) is 86.1 Å². The smallest absolute Gasteiger partial charge is 0.262 e. The van der Waals surface area contributed by atoms with E-state index < -0.39 is 6.04 Å². The molecular formula is C23H18ClN3O3S. The first-order chi connectivity index (χ1) is 15.0. The first kappa shape index (κ1) is 20.8. The zero-order chi connectivity index (χ0) is 22.0. The summed E-state index contributed by atoms with van der Waals surface area (Å²) < 4.78 is 1.91. The topological polar surface area (TPSA) is 98.3 Å². The molecule has 1 aliphatic rings. The third-order valence-corrected chi connectivity index (χ3v) is 6.24. The third-order valence-electron chi connectivity index (χ3n) is 5.01. The van der Waals surface area contributed by atoms with Crippen LogP contribution in [0, 0.1) is 11.3 Å². The molecule has 0 fully saturated rings. The Morgan fingerprint density at radius 3 is 2.90 bits per heavy atom. The number of nitriles is 1. The van der Waals surface area contributed by atoms with Gasteiger partial charge in [-0.2, -0.15) is 5.26 Å². The zero-order valence-corrected chi connectivity index (χ0v) is 17.8. The van der Waals surface area contributed by atoms with Gasteiger partial charge >= 0.3 is 0 Å². The van der Waals surface area contributed by atoms with Gasteiger partial charge in [0.1, 0.15) is 0 Å². The third kappa shape index (κ3) is 4.22. The fourth-order valence-corrected chi connectivity index (χ4v) is 4.50. The molecule has 0 saturated carbocycles. The van der Waals surface area contributed by atoms with Gasteiger partial charge in [0, 0.05) is 17.7 Å². The standard InChI is InChI=1S/C23H18ClN3O3S/c24-19-10-9-18(31-19)21(28)26-17-8-2-7-16-20(17)23(30)27(22(16)29)11-3-6-14-4-1-5-15(12-14)13-25/h1-6,8-10,12,17,29-30H,7,11H2,(H,26,28). The lowest BCUT2D eigenvalue weighted by Gasteiger charge is -2.19. The Balaban J connectivity index is 1.56. The van der Waals surface area contributed by atoms with E-state index in [1.165, 1.54) is 15.9 Å². The molecule has 6 nitrogen and oxygen atoms in total. The summed E-state index contributed by atoms with van der Waals surface area (Å²) in [6.07, 6.45) is 7.70. The van der Waals surface area contributed by atoms with E-state index in [2.05, 4.69) is 11.4 Å². The summed E-state index contributed by atoms with van der Waals surface area (Å²) >= 11 is 7.09. The maximum Gasteiger partial charge on any atom is 0.262 e. The number of hydrogen-bond donors (Lipinski definition) is 3. The molecule has 0 bridgehead atoms. The average Bonchev–Trinajstić information content (AvgIpc) is 3.31. The number of thiophene rings is 1. The molecule has 3 aromatic rings. The molecule has 1 aromatic carbocycles. The van der Waals surface area contributed by atoms with Gasteiger partial charge in [0.25, 0.3) is 5.91 Å². The van der Waals surface area contributed by atoms with Crippen LogP contribution in [0.3, 0.4) is 0 Å². The Kier molecular flexibility index (Phi) is 5.85. The number of halogens is 1. The van der Waals surface area contributed by atoms with E-state index in [1.54, 1.807) is 42.5 Å². The number of aromatic nitrogens is 1. The van der Waals surface area contributed by atoms with Crippen molar-refractivity contribution < 1.29 is 15.0 Å². The number of amides is 1. The lowest BCUT2D eigenvalue weighted by atomic mass is 9.96. The van der Waals surface area contributed by atoms with Crippen molar-refractivity contribution in [3.8, 4) is 17.8 Å². The van der Waals surface area contributed by atoms with Crippen molar-refractivity contribution in [1.29, 1.82) is 5.26 Å². The second-order valence-corrected chi connectivity index (χ2v) is 8.69. The van der Waals surface area contributed by atoms with Gasteiger partial charge in [0.2, 0.25) is 0 Å². The average molecular weight is 452 g/mol. The Morgan fingerprint density at radius 2 is 2.16 bits per heavy atom. The second kappa shape index (κ2) is 8.72. The Morgan fingerprint density at radius 1 is 1.32 bits per heavy atom. The number of allylic oxidation sites excluding steroid dienone is 2. The summed E-state index contributed by atoms with van der Waals surface area (Å²) in [6.45, 7) is 0.225. The van der Waals surface area contributed by atoms with E-state index in [0.29, 0.717) is 32.3 Å². The molecule has 156 valence electrons. The molecule has 1 unspecified atom stereocenters. The van der Waals surface area contributed by atoms with E-state index in [-0.39, 0.29) is 24.2 Å². The number of nitrogens with one attached hydrogen (secondary N) is 1. The number of carbonyl (C=O) groups is 1. The van der Waals surface area contributed by atoms with Gasteiger partial charge in [-0.3, -0.25) is 9.36 Å². The van der Waals surface area contributed by atoms with Crippen molar-refractivity contribution in [2.75, 3.05) is 0 Å². The number of nitrogens with zero attached hydrogens (tertiary/aromatic N) is 2. The first-order valence-corrected chi connectivity index (χ1v) is 10.7. The molecule has 4 rings (SSSR count). The molecule has 0 radical (unpaired) electrons.